The highest BCUT2D eigenvalue weighted by atomic mass is 16.5. The third-order valence-corrected chi connectivity index (χ3v) is 1.95. The molecule has 0 saturated carbocycles. The van der Waals surface area contributed by atoms with E-state index in [4.69, 9.17) is 4.74 Å². The number of carbonyl (C=O) groups excluding carboxylic acids is 1. The number of hydrogen-bond donors (Lipinski definition) is 2. The maximum atomic E-state index is 11.2. The van der Waals surface area contributed by atoms with Crippen LogP contribution in [-0.4, -0.2) is 38.8 Å². The average molecular weight is 216 g/mol. The van der Waals surface area contributed by atoms with E-state index in [1.807, 2.05) is 6.92 Å². The van der Waals surface area contributed by atoms with Crippen molar-refractivity contribution in [3.05, 3.63) is 0 Å². The van der Waals surface area contributed by atoms with Crippen molar-refractivity contribution in [3.8, 4) is 0 Å². The van der Waals surface area contributed by atoms with Gasteiger partial charge in [-0.15, -0.1) is 0 Å². The lowest BCUT2D eigenvalue weighted by Gasteiger charge is -2.06. The Labute approximate surface area is 92.8 Å². The molecule has 0 radical (unpaired) electrons. The molecule has 0 bridgehead atoms. The Morgan fingerprint density at radius 3 is 2.67 bits per heavy atom. The van der Waals surface area contributed by atoms with Crippen LogP contribution in [0.25, 0.3) is 0 Å². The van der Waals surface area contributed by atoms with E-state index in [9.17, 15) is 4.79 Å². The Morgan fingerprint density at radius 1 is 1.20 bits per heavy atom. The van der Waals surface area contributed by atoms with Crippen molar-refractivity contribution in [2.24, 2.45) is 0 Å². The molecule has 0 aliphatic rings. The molecule has 90 valence electrons. The van der Waals surface area contributed by atoms with Crippen LogP contribution in [0, 0.1) is 0 Å². The van der Waals surface area contributed by atoms with E-state index in [-0.39, 0.29) is 5.91 Å². The zero-order valence-corrected chi connectivity index (χ0v) is 9.97. The van der Waals surface area contributed by atoms with E-state index in [0.29, 0.717) is 19.6 Å². The Bertz CT molecular complexity index is 152. The Kier molecular flexibility index (Phi) is 11.0. The van der Waals surface area contributed by atoms with Gasteiger partial charge in [-0.3, -0.25) is 4.79 Å². The molecule has 0 heterocycles. The molecule has 0 atom stereocenters. The van der Waals surface area contributed by atoms with E-state index in [2.05, 4.69) is 17.6 Å². The summed E-state index contributed by atoms with van der Waals surface area (Å²) >= 11 is 0. The highest BCUT2D eigenvalue weighted by Gasteiger charge is 1.99. The lowest BCUT2D eigenvalue weighted by Crippen LogP contribution is -2.32. The van der Waals surface area contributed by atoms with Crippen molar-refractivity contribution in [2.45, 2.75) is 33.1 Å². The maximum Gasteiger partial charge on any atom is 0.220 e. The summed E-state index contributed by atoms with van der Waals surface area (Å²) in [7, 11) is 0. The molecule has 0 rings (SSSR count). The summed E-state index contributed by atoms with van der Waals surface area (Å²) in [4.78, 5) is 11.2. The van der Waals surface area contributed by atoms with Gasteiger partial charge in [-0.1, -0.05) is 6.92 Å². The van der Waals surface area contributed by atoms with Crippen molar-refractivity contribution < 1.29 is 9.53 Å². The van der Waals surface area contributed by atoms with E-state index in [1.165, 1.54) is 0 Å². The lowest BCUT2D eigenvalue weighted by atomic mass is 10.3. The first-order valence-corrected chi connectivity index (χ1v) is 5.86. The van der Waals surface area contributed by atoms with Crippen molar-refractivity contribution in [2.75, 3.05) is 32.8 Å². The Morgan fingerprint density at radius 2 is 2.00 bits per heavy atom. The van der Waals surface area contributed by atoms with Crippen LogP contribution in [0.15, 0.2) is 0 Å². The summed E-state index contributed by atoms with van der Waals surface area (Å²) in [6.45, 7) is 8.07. The minimum absolute atomic E-state index is 0.119. The van der Waals surface area contributed by atoms with E-state index in [0.717, 1.165) is 32.5 Å². The van der Waals surface area contributed by atoms with Crippen molar-refractivity contribution in [1.82, 2.24) is 10.6 Å². The van der Waals surface area contributed by atoms with Gasteiger partial charge in [0.1, 0.15) is 0 Å². The lowest BCUT2D eigenvalue weighted by molar-refractivity contribution is -0.121. The smallest absolute Gasteiger partial charge is 0.220 e. The largest absolute Gasteiger partial charge is 0.382 e. The first-order chi connectivity index (χ1) is 7.31. The van der Waals surface area contributed by atoms with Crippen LogP contribution in [0.4, 0.5) is 0 Å². The Balaban J connectivity index is 3.11. The summed E-state index contributed by atoms with van der Waals surface area (Å²) in [5.41, 5.74) is 0. The quantitative estimate of drug-likeness (QED) is 0.534. The van der Waals surface area contributed by atoms with Gasteiger partial charge in [0.2, 0.25) is 5.91 Å². The van der Waals surface area contributed by atoms with Crippen LogP contribution >= 0.6 is 0 Å². The van der Waals surface area contributed by atoms with E-state index >= 15 is 0 Å². The minimum Gasteiger partial charge on any atom is -0.382 e. The van der Waals surface area contributed by atoms with Crippen molar-refractivity contribution >= 4 is 5.91 Å². The zero-order valence-electron chi connectivity index (χ0n) is 9.97. The highest BCUT2D eigenvalue weighted by Crippen LogP contribution is 1.89. The van der Waals surface area contributed by atoms with Gasteiger partial charge in [-0.05, 0) is 26.3 Å². The molecule has 4 nitrogen and oxygen atoms in total. The monoisotopic (exact) mass is 216 g/mol. The van der Waals surface area contributed by atoms with Gasteiger partial charge in [-0.25, -0.2) is 0 Å². The molecule has 4 heteroatoms. The molecule has 2 N–H and O–H groups in total. The second kappa shape index (κ2) is 11.5. The molecule has 15 heavy (non-hydrogen) atoms. The van der Waals surface area contributed by atoms with Gasteiger partial charge >= 0.3 is 0 Å². The van der Waals surface area contributed by atoms with Gasteiger partial charge in [0.05, 0.1) is 0 Å². The number of hydrogen-bond acceptors (Lipinski definition) is 3. The number of ether oxygens (including phenoxy) is 1. The number of rotatable bonds is 10. The summed E-state index contributed by atoms with van der Waals surface area (Å²) < 4.78 is 5.15. The molecule has 0 aliphatic carbocycles. The predicted molar refractivity (Wildman–Crippen MR) is 61.9 cm³/mol. The molecular weight excluding hydrogens is 192 g/mol. The number of nitrogens with one attached hydrogen (secondary N) is 2. The van der Waals surface area contributed by atoms with Crippen molar-refractivity contribution in [1.29, 1.82) is 0 Å². The molecule has 0 saturated heterocycles. The second-order valence-electron chi connectivity index (χ2n) is 3.40. The van der Waals surface area contributed by atoms with Crippen LogP contribution in [0.2, 0.25) is 0 Å². The van der Waals surface area contributed by atoms with Gasteiger partial charge in [-0.2, -0.15) is 0 Å². The first kappa shape index (κ1) is 14.4. The summed E-state index contributed by atoms with van der Waals surface area (Å²) in [6.07, 6.45) is 2.50. The van der Waals surface area contributed by atoms with Crippen LogP contribution in [0.1, 0.15) is 33.1 Å². The number of carbonyl (C=O) groups is 1. The molecule has 0 aromatic rings. The second-order valence-corrected chi connectivity index (χ2v) is 3.40. The highest BCUT2D eigenvalue weighted by molar-refractivity contribution is 5.75. The van der Waals surface area contributed by atoms with Crippen LogP contribution in [0.5, 0.6) is 0 Å². The first-order valence-electron chi connectivity index (χ1n) is 5.86. The molecule has 0 unspecified atom stereocenters. The molecule has 1 amide bonds. The predicted octanol–water partition coefficient (Wildman–Crippen LogP) is 0.919. The summed E-state index contributed by atoms with van der Waals surface area (Å²) in [5.74, 6) is 0.119. The van der Waals surface area contributed by atoms with Crippen LogP contribution < -0.4 is 10.6 Å². The molecule has 0 aliphatic heterocycles. The van der Waals surface area contributed by atoms with Crippen LogP contribution in [0.3, 0.4) is 0 Å². The van der Waals surface area contributed by atoms with E-state index in [1.54, 1.807) is 0 Å². The SMILES string of the molecule is CCCNCCNC(=O)CCCOCC. The third kappa shape index (κ3) is 11.3. The van der Waals surface area contributed by atoms with E-state index < -0.39 is 0 Å². The van der Waals surface area contributed by atoms with Gasteiger partial charge < -0.3 is 15.4 Å². The summed E-state index contributed by atoms with van der Waals surface area (Å²) in [5, 5.41) is 6.09. The topological polar surface area (TPSA) is 50.4 Å². The fourth-order valence-corrected chi connectivity index (χ4v) is 1.16. The molecule has 0 aromatic carbocycles. The zero-order chi connectivity index (χ0) is 11.4. The van der Waals surface area contributed by atoms with Gasteiger partial charge in [0.15, 0.2) is 0 Å². The van der Waals surface area contributed by atoms with Gasteiger partial charge in [0, 0.05) is 32.7 Å². The fourth-order valence-electron chi connectivity index (χ4n) is 1.16. The molecular formula is C11H24N2O2. The minimum atomic E-state index is 0.119. The number of amides is 1. The van der Waals surface area contributed by atoms with Crippen molar-refractivity contribution in [3.63, 3.8) is 0 Å². The molecule has 0 aromatic heterocycles. The summed E-state index contributed by atoms with van der Waals surface area (Å²) in [6, 6.07) is 0. The van der Waals surface area contributed by atoms with Gasteiger partial charge in [0.25, 0.3) is 0 Å². The fraction of sp³-hybridized carbons (Fsp3) is 0.909. The molecule has 0 spiro atoms. The Hall–Kier alpha value is -0.610. The third-order valence-electron chi connectivity index (χ3n) is 1.95. The standard InChI is InChI=1S/C11H24N2O2/c1-3-7-12-8-9-13-11(14)6-5-10-15-4-2/h12H,3-10H2,1-2H3,(H,13,14). The maximum absolute atomic E-state index is 11.2. The van der Waals surface area contributed by atoms with Crippen LogP contribution in [-0.2, 0) is 9.53 Å². The average Bonchev–Trinajstić information content (AvgIpc) is 2.24. The molecule has 0 fully saturated rings. The normalized spacial score (nSPS) is 10.3.